The molecule has 0 radical (unpaired) electrons. The fourth-order valence-corrected chi connectivity index (χ4v) is 2.17. The van der Waals surface area contributed by atoms with Crippen LogP contribution in [0.5, 0.6) is 0 Å². The summed E-state index contributed by atoms with van der Waals surface area (Å²) in [6.45, 7) is 2.09. The topological polar surface area (TPSA) is 64.9 Å². The molecule has 0 aromatic carbocycles. The lowest BCUT2D eigenvalue weighted by atomic mass is 10.2. The van der Waals surface area contributed by atoms with E-state index in [0.29, 0.717) is 18.1 Å². The standard InChI is InChI=1S/C11H15N3OS/c1-2-3-9(12)11-13-10(15-14-11)6-8-4-5-16-7-8/h4-5,7,9H,2-3,6,12H2,1H3. The van der Waals surface area contributed by atoms with Crippen LogP contribution in [-0.4, -0.2) is 10.1 Å². The van der Waals surface area contributed by atoms with Crippen LogP contribution in [0.25, 0.3) is 0 Å². The quantitative estimate of drug-likeness (QED) is 0.867. The Balaban J connectivity index is 2.02. The van der Waals surface area contributed by atoms with Crippen molar-refractivity contribution >= 4 is 11.3 Å². The molecule has 2 rings (SSSR count). The van der Waals surface area contributed by atoms with Crippen molar-refractivity contribution in [2.75, 3.05) is 0 Å². The van der Waals surface area contributed by atoms with Gasteiger partial charge in [-0.3, -0.25) is 0 Å². The maximum Gasteiger partial charge on any atom is 0.231 e. The Bertz CT molecular complexity index is 424. The Hall–Kier alpha value is -1.20. The van der Waals surface area contributed by atoms with Crippen LogP contribution >= 0.6 is 11.3 Å². The molecule has 1 unspecified atom stereocenters. The van der Waals surface area contributed by atoms with Crippen LogP contribution in [0.15, 0.2) is 21.3 Å². The zero-order valence-corrected chi connectivity index (χ0v) is 10.0. The summed E-state index contributed by atoms with van der Waals surface area (Å²) in [6.07, 6.45) is 2.60. The number of rotatable bonds is 5. The van der Waals surface area contributed by atoms with Gasteiger partial charge in [0.1, 0.15) is 0 Å². The maximum absolute atomic E-state index is 5.91. The summed E-state index contributed by atoms with van der Waals surface area (Å²) in [6, 6.07) is 1.95. The Kier molecular flexibility index (Phi) is 3.69. The third-order valence-electron chi connectivity index (χ3n) is 2.35. The first kappa shape index (κ1) is 11.3. The van der Waals surface area contributed by atoms with Crippen LogP contribution in [0.1, 0.15) is 43.1 Å². The van der Waals surface area contributed by atoms with Crippen molar-refractivity contribution in [1.29, 1.82) is 0 Å². The second-order valence-corrected chi connectivity index (χ2v) is 4.53. The van der Waals surface area contributed by atoms with Gasteiger partial charge in [-0.25, -0.2) is 0 Å². The van der Waals surface area contributed by atoms with Crippen molar-refractivity contribution < 1.29 is 4.52 Å². The Morgan fingerprint density at radius 1 is 1.56 bits per heavy atom. The van der Waals surface area contributed by atoms with Crippen molar-refractivity contribution in [3.05, 3.63) is 34.1 Å². The molecular formula is C11H15N3OS. The largest absolute Gasteiger partial charge is 0.339 e. The monoisotopic (exact) mass is 237 g/mol. The molecule has 2 N–H and O–H groups in total. The van der Waals surface area contributed by atoms with Crippen LogP contribution in [0.2, 0.25) is 0 Å². The van der Waals surface area contributed by atoms with E-state index in [2.05, 4.69) is 28.5 Å². The second kappa shape index (κ2) is 5.23. The average Bonchev–Trinajstić information content (AvgIpc) is 2.90. The molecule has 4 nitrogen and oxygen atoms in total. The van der Waals surface area contributed by atoms with Gasteiger partial charge in [0.05, 0.1) is 12.5 Å². The molecule has 2 aromatic heterocycles. The predicted molar refractivity (Wildman–Crippen MR) is 63.3 cm³/mol. The highest BCUT2D eigenvalue weighted by atomic mass is 32.1. The number of hydrogen-bond donors (Lipinski definition) is 1. The van der Waals surface area contributed by atoms with E-state index < -0.39 is 0 Å². The van der Waals surface area contributed by atoms with Crippen LogP contribution in [0.4, 0.5) is 0 Å². The summed E-state index contributed by atoms with van der Waals surface area (Å²) in [4.78, 5) is 4.31. The summed E-state index contributed by atoms with van der Waals surface area (Å²) in [7, 11) is 0. The summed E-state index contributed by atoms with van der Waals surface area (Å²) >= 11 is 1.67. The van der Waals surface area contributed by atoms with Gasteiger partial charge < -0.3 is 10.3 Å². The van der Waals surface area contributed by atoms with Crippen LogP contribution in [0, 0.1) is 0 Å². The first-order chi connectivity index (χ1) is 7.79. The van der Waals surface area contributed by atoms with Gasteiger partial charge in [0.15, 0.2) is 5.82 Å². The fourth-order valence-electron chi connectivity index (χ4n) is 1.50. The SMILES string of the molecule is CCCC(N)c1noc(Cc2ccsc2)n1. The summed E-state index contributed by atoms with van der Waals surface area (Å²) in [5, 5.41) is 8.02. The summed E-state index contributed by atoms with van der Waals surface area (Å²) in [5.41, 5.74) is 7.11. The smallest absolute Gasteiger partial charge is 0.231 e. The minimum Gasteiger partial charge on any atom is -0.339 e. The molecule has 5 heteroatoms. The van der Waals surface area contributed by atoms with E-state index >= 15 is 0 Å². The molecule has 0 bridgehead atoms. The highest BCUT2D eigenvalue weighted by molar-refractivity contribution is 7.07. The number of nitrogens with zero attached hydrogens (tertiary/aromatic N) is 2. The van der Waals surface area contributed by atoms with E-state index in [1.165, 1.54) is 5.56 Å². The third-order valence-corrected chi connectivity index (χ3v) is 3.08. The lowest BCUT2D eigenvalue weighted by Crippen LogP contribution is -2.11. The molecule has 2 heterocycles. The average molecular weight is 237 g/mol. The minimum atomic E-state index is -0.107. The lowest BCUT2D eigenvalue weighted by molar-refractivity contribution is 0.374. The number of thiophene rings is 1. The highest BCUT2D eigenvalue weighted by Gasteiger charge is 2.13. The number of aromatic nitrogens is 2. The maximum atomic E-state index is 5.91. The highest BCUT2D eigenvalue weighted by Crippen LogP contribution is 2.15. The zero-order chi connectivity index (χ0) is 11.4. The molecule has 0 aliphatic carbocycles. The van der Waals surface area contributed by atoms with Crippen LogP contribution in [-0.2, 0) is 6.42 Å². The van der Waals surface area contributed by atoms with E-state index in [1.54, 1.807) is 11.3 Å². The normalized spacial score (nSPS) is 12.9. The Labute approximate surface area is 98.5 Å². The second-order valence-electron chi connectivity index (χ2n) is 3.75. The van der Waals surface area contributed by atoms with Crippen molar-refractivity contribution in [2.45, 2.75) is 32.2 Å². The van der Waals surface area contributed by atoms with Crippen molar-refractivity contribution in [2.24, 2.45) is 5.73 Å². The van der Waals surface area contributed by atoms with Crippen LogP contribution in [0.3, 0.4) is 0 Å². The molecule has 2 aromatic rings. The Morgan fingerprint density at radius 3 is 3.12 bits per heavy atom. The summed E-state index contributed by atoms with van der Waals surface area (Å²) in [5.74, 6) is 1.26. The van der Waals surface area contributed by atoms with Gasteiger partial charge >= 0.3 is 0 Å². The van der Waals surface area contributed by atoms with Gasteiger partial charge in [0.25, 0.3) is 0 Å². The Morgan fingerprint density at radius 2 is 2.44 bits per heavy atom. The van der Waals surface area contributed by atoms with E-state index in [0.717, 1.165) is 12.8 Å². The molecule has 0 aliphatic rings. The molecule has 1 atom stereocenters. The van der Waals surface area contributed by atoms with Crippen molar-refractivity contribution in [3.8, 4) is 0 Å². The third kappa shape index (κ3) is 2.68. The molecule has 0 amide bonds. The molecule has 0 fully saturated rings. The lowest BCUT2D eigenvalue weighted by Gasteiger charge is -2.02. The van der Waals surface area contributed by atoms with E-state index in [9.17, 15) is 0 Å². The van der Waals surface area contributed by atoms with Gasteiger partial charge in [-0.15, -0.1) is 0 Å². The van der Waals surface area contributed by atoms with E-state index in [1.807, 2.05) is 5.38 Å². The van der Waals surface area contributed by atoms with Gasteiger partial charge in [0, 0.05) is 0 Å². The molecule has 0 aliphatic heterocycles. The zero-order valence-electron chi connectivity index (χ0n) is 9.22. The predicted octanol–water partition coefficient (Wildman–Crippen LogP) is 2.52. The molecule has 0 saturated heterocycles. The van der Waals surface area contributed by atoms with Gasteiger partial charge in [-0.05, 0) is 28.8 Å². The van der Waals surface area contributed by atoms with Crippen LogP contribution < -0.4 is 5.73 Å². The van der Waals surface area contributed by atoms with E-state index in [4.69, 9.17) is 10.3 Å². The molecule has 86 valence electrons. The van der Waals surface area contributed by atoms with Gasteiger partial charge in [0.2, 0.25) is 5.89 Å². The summed E-state index contributed by atoms with van der Waals surface area (Å²) < 4.78 is 5.17. The van der Waals surface area contributed by atoms with Gasteiger partial charge in [-0.2, -0.15) is 16.3 Å². The minimum absolute atomic E-state index is 0.107. The van der Waals surface area contributed by atoms with Crippen molar-refractivity contribution in [3.63, 3.8) is 0 Å². The molecular weight excluding hydrogens is 222 g/mol. The molecule has 16 heavy (non-hydrogen) atoms. The number of hydrogen-bond acceptors (Lipinski definition) is 5. The van der Waals surface area contributed by atoms with Gasteiger partial charge in [-0.1, -0.05) is 18.5 Å². The van der Waals surface area contributed by atoms with Crippen molar-refractivity contribution in [1.82, 2.24) is 10.1 Å². The first-order valence-corrected chi connectivity index (χ1v) is 6.33. The first-order valence-electron chi connectivity index (χ1n) is 5.38. The fraction of sp³-hybridized carbons (Fsp3) is 0.455. The van der Waals surface area contributed by atoms with E-state index in [-0.39, 0.29) is 6.04 Å². The molecule has 0 spiro atoms. The number of nitrogens with two attached hydrogens (primary N) is 1. The molecule has 0 saturated carbocycles.